The topological polar surface area (TPSA) is 49.2 Å². The molecule has 3 rings (SSSR count). The summed E-state index contributed by atoms with van der Waals surface area (Å²) in [6, 6.07) is 2.06. The Balaban J connectivity index is 1.98. The van der Waals surface area contributed by atoms with Crippen LogP contribution >= 0.6 is 23.2 Å². The van der Waals surface area contributed by atoms with Crippen molar-refractivity contribution in [2.75, 3.05) is 13.9 Å². The average Bonchev–Trinajstić information content (AvgIpc) is 3.14. The van der Waals surface area contributed by atoms with Gasteiger partial charge in [-0.2, -0.15) is 4.98 Å². The summed E-state index contributed by atoms with van der Waals surface area (Å²) >= 11 is 12.1. The Morgan fingerprint density at radius 3 is 2.92 bits per heavy atom. The average molecular weight is 368 g/mol. The normalized spacial score (nSPS) is 26.8. The van der Waals surface area contributed by atoms with E-state index in [1.54, 1.807) is 7.11 Å². The van der Waals surface area contributed by atoms with Gasteiger partial charge in [0.1, 0.15) is 17.6 Å². The molecule has 0 aromatic carbocycles. The molecule has 0 unspecified atom stereocenters. The second-order valence-electron chi connectivity index (χ2n) is 6.05. The first-order valence-corrected chi connectivity index (χ1v) is 8.58. The number of halogens is 2. The molecule has 0 spiro atoms. The van der Waals surface area contributed by atoms with E-state index < -0.39 is 0 Å². The summed E-state index contributed by atoms with van der Waals surface area (Å²) in [6.45, 7) is 2.32. The molecule has 24 heavy (non-hydrogen) atoms. The standard InChI is InChI=1S/C17H19Cl2N3O2/c1-4-17(5-2)9-11(8-13(17)24-10-23-3)22-7-6-12-14(18)20-16(19)21-15(12)22/h1,6-7,11,13H,5,8-10H2,2-3H3/t11-,13-,17-/m0/s1. The maximum absolute atomic E-state index is 6.17. The highest BCUT2D eigenvalue weighted by Gasteiger charge is 2.47. The fraction of sp³-hybridized carbons (Fsp3) is 0.529. The highest BCUT2D eigenvalue weighted by molar-refractivity contribution is 6.35. The van der Waals surface area contributed by atoms with Crippen LogP contribution in [0.4, 0.5) is 0 Å². The highest BCUT2D eigenvalue weighted by atomic mass is 35.5. The number of nitrogens with zero attached hydrogens (tertiary/aromatic N) is 3. The molecule has 7 heteroatoms. The Labute approximate surface area is 151 Å². The second kappa shape index (κ2) is 6.89. The van der Waals surface area contributed by atoms with E-state index in [9.17, 15) is 0 Å². The van der Waals surface area contributed by atoms with Crippen molar-refractivity contribution in [3.63, 3.8) is 0 Å². The van der Waals surface area contributed by atoms with Crippen LogP contribution in [0.25, 0.3) is 11.0 Å². The van der Waals surface area contributed by atoms with Crippen LogP contribution in [0.3, 0.4) is 0 Å². The maximum atomic E-state index is 6.17. The van der Waals surface area contributed by atoms with Crippen LogP contribution in [0.5, 0.6) is 0 Å². The van der Waals surface area contributed by atoms with Crippen LogP contribution in [-0.4, -0.2) is 34.5 Å². The predicted molar refractivity (Wildman–Crippen MR) is 94.1 cm³/mol. The van der Waals surface area contributed by atoms with Crippen LogP contribution < -0.4 is 0 Å². The van der Waals surface area contributed by atoms with Crippen LogP contribution in [0.1, 0.15) is 32.2 Å². The first kappa shape index (κ1) is 17.5. The number of aromatic nitrogens is 3. The lowest BCUT2D eigenvalue weighted by Gasteiger charge is -2.28. The van der Waals surface area contributed by atoms with E-state index in [1.165, 1.54) is 0 Å². The molecular weight excluding hydrogens is 349 g/mol. The summed E-state index contributed by atoms with van der Waals surface area (Å²) in [4.78, 5) is 8.33. The number of methoxy groups -OCH3 is 1. The van der Waals surface area contributed by atoms with E-state index in [4.69, 9.17) is 39.1 Å². The molecule has 1 fully saturated rings. The van der Waals surface area contributed by atoms with Gasteiger partial charge in [-0.25, -0.2) is 4.98 Å². The van der Waals surface area contributed by atoms with Crippen molar-refractivity contribution in [3.8, 4) is 12.3 Å². The summed E-state index contributed by atoms with van der Waals surface area (Å²) in [7, 11) is 1.61. The monoisotopic (exact) mass is 367 g/mol. The number of hydrogen-bond acceptors (Lipinski definition) is 4. The van der Waals surface area contributed by atoms with Gasteiger partial charge in [0.25, 0.3) is 0 Å². The molecule has 0 bridgehead atoms. The molecule has 128 valence electrons. The van der Waals surface area contributed by atoms with Gasteiger partial charge in [0, 0.05) is 19.3 Å². The fourth-order valence-electron chi connectivity index (χ4n) is 3.59. The zero-order chi connectivity index (χ0) is 17.3. The lowest BCUT2D eigenvalue weighted by molar-refractivity contribution is -0.0964. The SMILES string of the molecule is C#C[C@]1(CC)C[C@@H](n2ccc3c(Cl)nc(Cl)nc32)C[C@@H]1OCOC. The van der Waals surface area contributed by atoms with Crippen molar-refractivity contribution in [1.29, 1.82) is 0 Å². The Kier molecular flexibility index (Phi) is 5.03. The minimum atomic E-state index is -0.319. The molecular formula is C17H19Cl2N3O2. The van der Waals surface area contributed by atoms with Crippen LogP contribution in [-0.2, 0) is 9.47 Å². The highest BCUT2D eigenvalue weighted by Crippen LogP contribution is 2.48. The van der Waals surface area contributed by atoms with Gasteiger partial charge >= 0.3 is 0 Å². The minimum absolute atomic E-state index is 0.0670. The van der Waals surface area contributed by atoms with Crippen molar-refractivity contribution in [3.05, 3.63) is 22.7 Å². The Morgan fingerprint density at radius 2 is 2.25 bits per heavy atom. The molecule has 5 nitrogen and oxygen atoms in total. The molecule has 1 saturated carbocycles. The molecule has 0 N–H and O–H groups in total. The van der Waals surface area contributed by atoms with Gasteiger partial charge in [-0.3, -0.25) is 0 Å². The van der Waals surface area contributed by atoms with E-state index in [-0.39, 0.29) is 29.6 Å². The molecule has 3 atom stereocenters. The van der Waals surface area contributed by atoms with E-state index in [1.807, 2.05) is 12.3 Å². The zero-order valence-corrected chi connectivity index (χ0v) is 15.1. The molecule has 0 radical (unpaired) electrons. The first-order chi connectivity index (χ1) is 11.5. The predicted octanol–water partition coefficient (Wildman–Crippen LogP) is 4.09. The van der Waals surface area contributed by atoms with Gasteiger partial charge in [0.05, 0.1) is 16.9 Å². The number of fused-ring (bicyclic) bond motifs is 1. The van der Waals surface area contributed by atoms with E-state index >= 15 is 0 Å². The van der Waals surface area contributed by atoms with Gasteiger partial charge in [0.15, 0.2) is 0 Å². The molecule has 2 heterocycles. The third-order valence-corrected chi connectivity index (χ3v) is 5.36. The summed E-state index contributed by atoms with van der Waals surface area (Å²) in [5, 5.41) is 1.27. The van der Waals surface area contributed by atoms with Crippen molar-refractivity contribution in [2.45, 2.75) is 38.3 Å². The van der Waals surface area contributed by atoms with E-state index in [0.29, 0.717) is 5.15 Å². The van der Waals surface area contributed by atoms with Crippen LogP contribution in [0.15, 0.2) is 12.3 Å². The van der Waals surface area contributed by atoms with Crippen LogP contribution in [0.2, 0.25) is 10.4 Å². The van der Waals surface area contributed by atoms with Crippen molar-refractivity contribution >= 4 is 34.2 Å². The third-order valence-electron chi connectivity index (χ3n) is 4.90. The van der Waals surface area contributed by atoms with Gasteiger partial charge in [-0.15, -0.1) is 6.42 Å². The largest absolute Gasteiger partial charge is 0.359 e. The Hall–Kier alpha value is -1.32. The number of ether oxygens (including phenoxy) is 2. The first-order valence-electron chi connectivity index (χ1n) is 7.82. The molecule has 2 aromatic heterocycles. The minimum Gasteiger partial charge on any atom is -0.359 e. The van der Waals surface area contributed by atoms with Crippen molar-refractivity contribution in [1.82, 2.24) is 14.5 Å². The van der Waals surface area contributed by atoms with Crippen molar-refractivity contribution < 1.29 is 9.47 Å². The molecule has 1 aliphatic rings. The molecule has 0 amide bonds. The number of terminal acetylenes is 1. The van der Waals surface area contributed by atoms with Gasteiger partial charge < -0.3 is 14.0 Å². The lowest BCUT2D eigenvalue weighted by Crippen LogP contribution is -2.30. The third kappa shape index (κ3) is 2.89. The van der Waals surface area contributed by atoms with Gasteiger partial charge in [0.2, 0.25) is 5.28 Å². The van der Waals surface area contributed by atoms with Gasteiger partial charge in [-0.05, 0) is 36.9 Å². The zero-order valence-electron chi connectivity index (χ0n) is 13.6. The summed E-state index contributed by atoms with van der Waals surface area (Å²) in [5.74, 6) is 2.97. The molecule has 0 saturated heterocycles. The van der Waals surface area contributed by atoms with Crippen molar-refractivity contribution in [2.24, 2.45) is 5.41 Å². The Bertz CT molecular complexity index is 786. The Morgan fingerprint density at radius 1 is 1.46 bits per heavy atom. The number of hydrogen-bond donors (Lipinski definition) is 0. The number of rotatable bonds is 5. The summed E-state index contributed by atoms with van der Waals surface area (Å²) in [6.07, 6.45) is 10.2. The summed E-state index contributed by atoms with van der Waals surface area (Å²) < 4.78 is 13.0. The molecule has 0 aliphatic heterocycles. The smallest absolute Gasteiger partial charge is 0.225 e. The fourth-order valence-corrected chi connectivity index (χ4v) is 4.03. The quantitative estimate of drug-likeness (QED) is 0.345. The molecule has 2 aromatic rings. The van der Waals surface area contributed by atoms with E-state index in [2.05, 4.69) is 27.4 Å². The van der Waals surface area contributed by atoms with E-state index in [0.717, 1.165) is 30.3 Å². The summed E-state index contributed by atoms with van der Waals surface area (Å²) in [5.41, 5.74) is 0.403. The van der Waals surface area contributed by atoms with Crippen LogP contribution in [0, 0.1) is 17.8 Å². The maximum Gasteiger partial charge on any atom is 0.225 e. The molecule has 1 aliphatic carbocycles. The lowest BCUT2D eigenvalue weighted by atomic mass is 9.82. The second-order valence-corrected chi connectivity index (χ2v) is 6.75. The van der Waals surface area contributed by atoms with Gasteiger partial charge in [-0.1, -0.05) is 24.4 Å².